The highest BCUT2D eigenvalue weighted by molar-refractivity contribution is 5.71. The minimum Gasteiger partial charge on any atom is -0.457 e. The first kappa shape index (κ1) is 23.9. The number of benzene rings is 2. The van der Waals surface area contributed by atoms with E-state index < -0.39 is 0 Å². The van der Waals surface area contributed by atoms with Gasteiger partial charge >= 0.3 is 6.09 Å². The van der Waals surface area contributed by atoms with E-state index in [9.17, 15) is 4.79 Å². The van der Waals surface area contributed by atoms with Crippen LogP contribution in [0.15, 0.2) is 91.7 Å². The van der Waals surface area contributed by atoms with Crippen molar-refractivity contribution in [2.45, 2.75) is 57.6 Å². The van der Waals surface area contributed by atoms with Crippen LogP contribution in [0.4, 0.5) is 4.79 Å². The monoisotopic (exact) mass is 457 g/mol. The van der Waals surface area contributed by atoms with Crippen molar-refractivity contribution in [1.29, 1.82) is 0 Å². The van der Waals surface area contributed by atoms with Crippen LogP contribution in [0.5, 0.6) is 11.5 Å². The Labute approximate surface area is 203 Å². The van der Waals surface area contributed by atoms with Crippen molar-refractivity contribution in [2.24, 2.45) is 11.8 Å². The van der Waals surface area contributed by atoms with Crippen molar-refractivity contribution in [3.8, 4) is 11.5 Å². The van der Waals surface area contributed by atoms with Gasteiger partial charge < -0.3 is 9.47 Å². The van der Waals surface area contributed by atoms with Gasteiger partial charge in [-0.05, 0) is 60.1 Å². The molecule has 1 aliphatic carbocycles. The number of amides is 1. The molecule has 0 radical (unpaired) electrons. The molecule has 34 heavy (non-hydrogen) atoms. The van der Waals surface area contributed by atoms with Crippen LogP contribution in [0.3, 0.4) is 0 Å². The molecule has 1 fully saturated rings. The van der Waals surface area contributed by atoms with E-state index in [1.54, 1.807) is 17.2 Å². The summed E-state index contributed by atoms with van der Waals surface area (Å²) < 4.78 is 12.2. The lowest BCUT2D eigenvalue weighted by atomic mass is 9.64. The second kappa shape index (κ2) is 10.3. The quantitative estimate of drug-likeness (QED) is 0.418. The van der Waals surface area contributed by atoms with Gasteiger partial charge in [-0.2, -0.15) is 0 Å². The predicted molar refractivity (Wildman–Crippen MR) is 137 cm³/mol. The first-order valence-electron chi connectivity index (χ1n) is 12.2. The van der Waals surface area contributed by atoms with Crippen LogP contribution in [0.1, 0.15) is 45.6 Å². The van der Waals surface area contributed by atoms with E-state index in [1.165, 1.54) is 5.56 Å². The maximum absolute atomic E-state index is 13.1. The molecule has 1 saturated carbocycles. The highest BCUT2D eigenvalue weighted by Crippen LogP contribution is 2.44. The highest BCUT2D eigenvalue weighted by atomic mass is 16.6. The molecule has 1 aliphatic heterocycles. The van der Waals surface area contributed by atoms with Crippen LogP contribution < -0.4 is 4.74 Å². The fourth-order valence-corrected chi connectivity index (χ4v) is 5.15. The molecule has 0 saturated heterocycles. The standard InChI is InChI=1S/C30H35NO3/c1-5-24-11-9-10-20-31(24)29(32)34-28-21-22(2)14-19-27(28)30(3,4)23-15-17-26(18-16-23)33-25-12-7-6-8-13-25/h5-13,15-18,20,22,24,27-28H,1,14,19,21H2,2-4H3/t22?,24-,27?,28?/m1/s1. The van der Waals surface area contributed by atoms with Crippen LogP contribution >= 0.6 is 0 Å². The Morgan fingerprint density at radius 2 is 1.74 bits per heavy atom. The summed E-state index contributed by atoms with van der Waals surface area (Å²) in [5, 5.41) is 0. The predicted octanol–water partition coefficient (Wildman–Crippen LogP) is 7.64. The average Bonchev–Trinajstić information content (AvgIpc) is 2.85. The first-order chi connectivity index (χ1) is 16.4. The van der Waals surface area contributed by atoms with E-state index >= 15 is 0 Å². The molecule has 4 heteroatoms. The third kappa shape index (κ3) is 5.27. The van der Waals surface area contributed by atoms with Crippen molar-refractivity contribution in [2.75, 3.05) is 0 Å². The number of rotatable bonds is 6. The minimum absolute atomic E-state index is 0.142. The maximum Gasteiger partial charge on any atom is 0.414 e. The maximum atomic E-state index is 13.1. The number of carbonyl (C=O) groups is 1. The van der Waals surface area contributed by atoms with Gasteiger partial charge in [0.1, 0.15) is 17.6 Å². The van der Waals surface area contributed by atoms with Crippen molar-refractivity contribution in [3.05, 3.63) is 97.2 Å². The fourth-order valence-electron chi connectivity index (χ4n) is 5.15. The second-order valence-electron chi connectivity index (χ2n) is 9.97. The summed E-state index contributed by atoms with van der Waals surface area (Å²) in [7, 11) is 0. The van der Waals surface area contributed by atoms with E-state index in [2.05, 4.69) is 39.5 Å². The van der Waals surface area contributed by atoms with Crippen molar-refractivity contribution in [1.82, 2.24) is 4.90 Å². The van der Waals surface area contributed by atoms with Crippen LogP contribution in [0.25, 0.3) is 0 Å². The molecule has 4 rings (SSSR count). The molecule has 178 valence electrons. The van der Waals surface area contributed by atoms with Gasteiger partial charge in [0.15, 0.2) is 0 Å². The fraction of sp³-hybridized carbons (Fsp3) is 0.367. The Balaban J connectivity index is 1.50. The lowest BCUT2D eigenvalue weighted by Crippen LogP contribution is -2.46. The number of ether oxygens (including phenoxy) is 2. The molecule has 1 heterocycles. The first-order valence-corrected chi connectivity index (χ1v) is 12.2. The van der Waals surface area contributed by atoms with E-state index in [0.717, 1.165) is 30.8 Å². The molecule has 2 aliphatic rings. The van der Waals surface area contributed by atoms with Crippen molar-refractivity contribution < 1.29 is 14.3 Å². The van der Waals surface area contributed by atoms with Crippen LogP contribution in [0.2, 0.25) is 0 Å². The Kier molecular flexibility index (Phi) is 7.26. The van der Waals surface area contributed by atoms with Crippen LogP contribution in [0, 0.1) is 11.8 Å². The van der Waals surface area contributed by atoms with Gasteiger partial charge in [0, 0.05) is 12.1 Å². The molecule has 1 amide bonds. The summed E-state index contributed by atoms with van der Waals surface area (Å²) in [5.41, 5.74) is 1.06. The Morgan fingerprint density at radius 1 is 1.03 bits per heavy atom. The largest absolute Gasteiger partial charge is 0.457 e. The summed E-state index contributed by atoms with van der Waals surface area (Å²) in [6, 6.07) is 17.9. The van der Waals surface area contributed by atoms with Gasteiger partial charge in [-0.25, -0.2) is 4.79 Å². The molecule has 0 spiro atoms. The van der Waals surface area contributed by atoms with Gasteiger partial charge in [0.25, 0.3) is 0 Å². The van der Waals surface area contributed by atoms with Gasteiger partial charge in [0.05, 0.1) is 6.04 Å². The molecular formula is C30H35NO3. The molecule has 0 bridgehead atoms. The summed E-state index contributed by atoms with van der Waals surface area (Å²) in [6.45, 7) is 10.6. The third-order valence-corrected chi connectivity index (χ3v) is 7.25. The Bertz CT molecular complexity index is 1040. The average molecular weight is 458 g/mol. The third-order valence-electron chi connectivity index (χ3n) is 7.25. The van der Waals surface area contributed by atoms with Crippen molar-refractivity contribution >= 4 is 6.09 Å². The van der Waals surface area contributed by atoms with E-state index in [0.29, 0.717) is 5.92 Å². The number of allylic oxidation sites excluding steroid dienone is 2. The molecule has 4 nitrogen and oxygen atoms in total. The van der Waals surface area contributed by atoms with E-state index in [4.69, 9.17) is 9.47 Å². The SMILES string of the molecule is C=C[C@@H]1C=CC=CN1C(=O)OC1CC(C)CCC1C(C)(C)c1ccc(Oc2ccccc2)cc1. The Morgan fingerprint density at radius 3 is 2.44 bits per heavy atom. The molecular weight excluding hydrogens is 422 g/mol. The molecule has 2 aromatic rings. The van der Waals surface area contributed by atoms with E-state index in [1.807, 2.05) is 60.7 Å². The minimum atomic E-state index is -0.308. The summed E-state index contributed by atoms with van der Waals surface area (Å²) in [6.07, 6.45) is 11.8. The van der Waals surface area contributed by atoms with Gasteiger partial charge in [-0.15, -0.1) is 6.58 Å². The van der Waals surface area contributed by atoms with E-state index in [-0.39, 0.29) is 29.6 Å². The summed E-state index contributed by atoms with van der Waals surface area (Å²) in [4.78, 5) is 14.7. The Hall–Kier alpha value is -3.27. The number of carbonyl (C=O) groups excluding carboxylic acids is 1. The smallest absolute Gasteiger partial charge is 0.414 e. The van der Waals surface area contributed by atoms with Crippen LogP contribution in [-0.2, 0) is 10.2 Å². The zero-order valence-corrected chi connectivity index (χ0v) is 20.4. The number of hydrogen-bond donors (Lipinski definition) is 0. The molecule has 0 aromatic heterocycles. The zero-order chi connectivity index (χ0) is 24.1. The molecule has 3 unspecified atom stereocenters. The lowest BCUT2D eigenvalue weighted by molar-refractivity contribution is -0.0144. The molecule has 4 atom stereocenters. The summed E-state index contributed by atoms with van der Waals surface area (Å²) in [5.74, 6) is 2.38. The van der Waals surface area contributed by atoms with Gasteiger partial charge in [-0.1, -0.05) is 75.8 Å². The zero-order valence-electron chi connectivity index (χ0n) is 20.4. The normalized spacial score (nSPS) is 24.5. The second-order valence-corrected chi connectivity index (χ2v) is 9.97. The number of nitrogens with zero attached hydrogens (tertiary/aromatic N) is 1. The van der Waals surface area contributed by atoms with Crippen molar-refractivity contribution in [3.63, 3.8) is 0 Å². The number of hydrogen-bond acceptors (Lipinski definition) is 3. The topological polar surface area (TPSA) is 38.8 Å². The van der Waals surface area contributed by atoms with Gasteiger partial charge in [-0.3, -0.25) is 4.90 Å². The van der Waals surface area contributed by atoms with Gasteiger partial charge in [0.2, 0.25) is 0 Å². The van der Waals surface area contributed by atoms with Crippen LogP contribution in [-0.4, -0.2) is 23.1 Å². The highest BCUT2D eigenvalue weighted by Gasteiger charge is 2.42. The lowest BCUT2D eigenvalue weighted by Gasteiger charge is -2.44. The molecule has 0 N–H and O–H groups in total. The summed E-state index contributed by atoms with van der Waals surface area (Å²) >= 11 is 0. The molecule has 2 aromatic carbocycles. The number of para-hydroxylation sites is 1.